The number of hydrogen-bond donors (Lipinski definition) is 1. The lowest BCUT2D eigenvalue weighted by atomic mass is 10.1. The van der Waals surface area contributed by atoms with Crippen LogP contribution in [-0.4, -0.2) is 12.5 Å². The van der Waals surface area contributed by atoms with Gasteiger partial charge in [-0.2, -0.15) is 0 Å². The lowest BCUT2D eigenvalue weighted by Crippen LogP contribution is -2.23. The molecule has 0 aliphatic carbocycles. The molecular weight excluding hydrogens is 214 g/mol. The van der Waals surface area contributed by atoms with E-state index in [0.717, 1.165) is 17.5 Å². The Hall–Kier alpha value is -2.03. The maximum Gasteiger partial charge on any atom is 0.287 e. The first kappa shape index (κ1) is 11.5. The van der Waals surface area contributed by atoms with Crippen molar-refractivity contribution in [2.45, 2.75) is 13.3 Å². The molecule has 0 fully saturated rings. The Balaban J connectivity index is 2.26. The summed E-state index contributed by atoms with van der Waals surface area (Å²) in [6, 6.07) is 11.6. The zero-order valence-corrected chi connectivity index (χ0v) is 9.77. The highest BCUT2D eigenvalue weighted by Crippen LogP contribution is 2.24. The Morgan fingerprint density at radius 2 is 2.00 bits per heavy atom. The van der Waals surface area contributed by atoms with Crippen molar-refractivity contribution in [3.8, 4) is 11.1 Å². The predicted molar refractivity (Wildman–Crippen MR) is 66.8 cm³/mol. The fourth-order valence-corrected chi connectivity index (χ4v) is 1.65. The third-order valence-electron chi connectivity index (χ3n) is 2.49. The molecule has 1 amide bonds. The molecule has 1 aromatic carbocycles. The van der Waals surface area contributed by atoms with E-state index in [1.165, 1.54) is 0 Å². The molecule has 0 aliphatic rings. The summed E-state index contributed by atoms with van der Waals surface area (Å²) in [6.07, 6.45) is 2.45. The molecular formula is C14H15NO2. The van der Waals surface area contributed by atoms with E-state index in [0.29, 0.717) is 12.3 Å². The van der Waals surface area contributed by atoms with Crippen LogP contribution in [0.1, 0.15) is 23.9 Å². The van der Waals surface area contributed by atoms with Gasteiger partial charge in [0.15, 0.2) is 5.76 Å². The molecule has 1 aromatic heterocycles. The van der Waals surface area contributed by atoms with E-state index in [2.05, 4.69) is 5.32 Å². The average Bonchev–Trinajstić information content (AvgIpc) is 2.86. The third-order valence-corrected chi connectivity index (χ3v) is 2.49. The van der Waals surface area contributed by atoms with Crippen molar-refractivity contribution >= 4 is 5.91 Å². The van der Waals surface area contributed by atoms with E-state index in [1.807, 2.05) is 43.3 Å². The molecule has 1 heterocycles. The van der Waals surface area contributed by atoms with Gasteiger partial charge in [-0.25, -0.2) is 0 Å². The zero-order chi connectivity index (χ0) is 12.1. The van der Waals surface area contributed by atoms with Crippen LogP contribution >= 0.6 is 0 Å². The van der Waals surface area contributed by atoms with Crippen molar-refractivity contribution in [2.75, 3.05) is 6.54 Å². The maximum atomic E-state index is 11.9. The second kappa shape index (κ2) is 5.34. The van der Waals surface area contributed by atoms with Crippen molar-refractivity contribution in [3.05, 3.63) is 48.4 Å². The summed E-state index contributed by atoms with van der Waals surface area (Å²) in [7, 11) is 0. The number of rotatable bonds is 4. The molecule has 2 aromatic rings. The third kappa shape index (κ3) is 2.56. The van der Waals surface area contributed by atoms with Crippen molar-refractivity contribution in [1.29, 1.82) is 0 Å². The summed E-state index contributed by atoms with van der Waals surface area (Å²) < 4.78 is 5.27. The van der Waals surface area contributed by atoms with Gasteiger partial charge in [-0.05, 0) is 18.1 Å². The van der Waals surface area contributed by atoms with Gasteiger partial charge in [0.1, 0.15) is 0 Å². The normalized spacial score (nSPS) is 10.2. The second-order valence-electron chi connectivity index (χ2n) is 3.79. The molecule has 0 saturated heterocycles. The van der Waals surface area contributed by atoms with E-state index in [4.69, 9.17) is 4.42 Å². The monoisotopic (exact) mass is 229 g/mol. The highest BCUT2D eigenvalue weighted by Gasteiger charge is 2.15. The van der Waals surface area contributed by atoms with Gasteiger partial charge in [-0.15, -0.1) is 0 Å². The van der Waals surface area contributed by atoms with Crippen molar-refractivity contribution in [2.24, 2.45) is 0 Å². The summed E-state index contributed by atoms with van der Waals surface area (Å²) in [6.45, 7) is 2.67. The van der Waals surface area contributed by atoms with Gasteiger partial charge in [0.2, 0.25) is 0 Å². The molecule has 0 unspecified atom stereocenters. The van der Waals surface area contributed by atoms with E-state index >= 15 is 0 Å². The lowest BCUT2D eigenvalue weighted by molar-refractivity contribution is 0.0927. The second-order valence-corrected chi connectivity index (χ2v) is 3.79. The molecule has 0 bridgehead atoms. The van der Waals surface area contributed by atoms with Crippen molar-refractivity contribution in [3.63, 3.8) is 0 Å². The number of carbonyl (C=O) groups excluding carboxylic acids is 1. The largest absolute Gasteiger partial charge is 0.459 e. The summed E-state index contributed by atoms with van der Waals surface area (Å²) in [5.74, 6) is 0.223. The number of hydrogen-bond acceptors (Lipinski definition) is 2. The van der Waals surface area contributed by atoms with Crippen molar-refractivity contribution < 1.29 is 9.21 Å². The molecule has 0 aliphatic heterocycles. The number of nitrogens with one attached hydrogen (secondary N) is 1. The molecule has 3 heteroatoms. The summed E-state index contributed by atoms with van der Waals surface area (Å²) >= 11 is 0. The SMILES string of the molecule is CCCNC(=O)c1occc1-c1ccccc1. The predicted octanol–water partition coefficient (Wildman–Crippen LogP) is 3.09. The zero-order valence-electron chi connectivity index (χ0n) is 9.77. The topological polar surface area (TPSA) is 42.2 Å². The molecule has 1 N–H and O–H groups in total. The summed E-state index contributed by atoms with van der Waals surface area (Å²) in [5.41, 5.74) is 1.82. The minimum Gasteiger partial charge on any atom is -0.459 e. The Bertz CT molecular complexity index is 488. The van der Waals surface area contributed by atoms with Crippen LogP contribution in [-0.2, 0) is 0 Å². The Morgan fingerprint density at radius 1 is 1.24 bits per heavy atom. The van der Waals surface area contributed by atoms with Crippen LogP contribution in [0.5, 0.6) is 0 Å². The van der Waals surface area contributed by atoms with E-state index in [9.17, 15) is 4.79 Å². The Labute approximate surface area is 100 Å². The van der Waals surface area contributed by atoms with Gasteiger partial charge < -0.3 is 9.73 Å². The molecule has 2 rings (SSSR count). The lowest BCUT2D eigenvalue weighted by Gasteiger charge is -2.03. The smallest absolute Gasteiger partial charge is 0.287 e. The average molecular weight is 229 g/mol. The molecule has 0 radical (unpaired) electrons. The van der Waals surface area contributed by atoms with Crippen LogP contribution < -0.4 is 5.32 Å². The Morgan fingerprint density at radius 3 is 2.71 bits per heavy atom. The molecule has 0 saturated carbocycles. The molecule has 17 heavy (non-hydrogen) atoms. The van der Waals surface area contributed by atoms with Crippen LogP contribution in [0.15, 0.2) is 47.1 Å². The van der Waals surface area contributed by atoms with Gasteiger partial charge in [-0.3, -0.25) is 4.79 Å². The summed E-state index contributed by atoms with van der Waals surface area (Å²) in [5, 5.41) is 2.81. The van der Waals surface area contributed by atoms with Gasteiger partial charge in [-0.1, -0.05) is 37.3 Å². The quantitative estimate of drug-likeness (QED) is 0.875. The maximum absolute atomic E-state index is 11.9. The fourth-order valence-electron chi connectivity index (χ4n) is 1.65. The van der Waals surface area contributed by atoms with Crippen LogP contribution in [0.4, 0.5) is 0 Å². The van der Waals surface area contributed by atoms with Gasteiger partial charge in [0, 0.05) is 12.1 Å². The highest BCUT2D eigenvalue weighted by molar-refractivity contribution is 5.98. The number of benzene rings is 1. The number of amides is 1. The summed E-state index contributed by atoms with van der Waals surface area (Å²) in [4.78, 5) is 11.9. The standard InChI is InChI=1S/C14H15NO2/c1-2-9-15-14(16)13-12(8-10-17-13)11-6-4-3-5-7-11/h3-8,10H,2,9H2,1H3,(H,15,16). The van der Waals surface area contributed by atoms with E-state index in [-0.39, 0.29) is 5.91 Å². The van der Waals surface area contributed by atoms with Gasteiger partial charge >= 0.3 is 0 Å². The van der Waals surface area contributed by atoms with E-state index in [1.54, 1.807) is 6.26 Å². The highest BCUT2D eigenvalue weighted by atomic mass is 16.3. The molecule has 88 valence electrons. The minimum atomic E-state index is -0.157. The number of carbonyl (C=O) groups is 1. The van der Waals surface area contributed by atoms with Crippen LogP contribution in [0.3, 0.4) is 0 Å². The number of furan rings is 1. The van der Waals surface area contributed by atoms with Crippen molar-refractivity contribution in [1.82, 2.24) is 5.32 Å². The minimum absolute atomic E-state index is 0.157. The first-order valence-electron chi connectivity index (χ1n) is 5.74. The van der Waals surface area contributed by atoms with Crippen LogP contribution in [0.2, 0.25) is 0 Å². The molecule has 3 nitrogen and oxygen atoms in total. The van der Waals surface area contributed by atoms with Crippen LogP contribution in [0.25, 0.3) is 11.1 Å². The first-order valence-corrected chi connectivity index (χ1v) is 5.74. The Kier molecular flexibility index (Phi) is 3.60. The van der Waals surface area contributed by atoms with Crippen LogP contribution in [0, 0.1) is 0 Å². The van der Waals surface area contributed by atoms with Gasteiger partial charge in [0.05, 0.1) is 6.26 Å². The van der Waals surface area contributed by atoms with Gasteiger partial charge in [0.25, 0.3) is 5.91 Å². The van der Waals surface area contributed by atoms with E-state index < -0.39 is 0 Å². The molecule has 0 spiro atoms. The fraction of sp³-hybridized carbons (Fsp3) is 0.214. The first-order chi connectivity index (χ1) is 8.33. The molecule has 0 atom stereocenters.